The largest absolute Gasteiger partial charge is 0.403 e. The second kappa shape index (κ2) is 4.79. The van der Waals surface area contributed by atoms with Crippen molar-refractivity contribution in [3.63, 3.8) is 0 Å². The summed E-state index contributed by atoms with van der Waals surface area (Å²) in [6.45, 7) is -0.425. The van der Waals surface area contributed by atoms with E-state index < -0.39 is 24.3 Å². The summed E-state index contributed by atoms with van der Waals surface area (Å²) in [6, 6.07) is 0. The fraction of sp³-hybridized carbons (Fsp3) is 0.714. The summed E-state index contributed by atoms with van der Waals surface area (Å²) in [7, 11) is 0. The highest BCUT2D eigenvalue weighted by Gasteiger charge is 2.25. The van der Waals surface area contributed by atoms with E-state index in [9.17, 15) is 18.4 Å². The van der Waals surface area contributed by atoms with Crippen LogP contribution in [0.15, 0.2) is 0 Å². The van der Waals surface area contributed by atoms with Gasteiger partial charge in [0.1, 0.15) is 11.7 Å². The fourth-order valence-electron chi connectivity index (χ4n) is 0.790. The van der Waals surface area contributed by atoms with Crippen molar-refractivity contribution in [1.82, 2.24) is 0 Å². The molecule has 5 heteroatoms. The Morgan fingerprint density at radius 2 is 1.92 bits per heavy atom. The number of esters is 1. The second-order valence-corrected chi connectivity index (χ2v) is 2.27. The van der Waals surface area contributed by atoms with E-state index in [-0.39, 0.29) is 6.42 Å². The Labute approximate surface area is 68.7 Å². The minimum absolute atomic E-state index is 0.181. The summed E-state index contributed by atoms with van der Waals surface area (Å²) in [6.07, 6.45) is 0.181. The van der Waals surface area contributed by atoms with Gasteiger partial charge in [0.2, 0.25) is 0 Å². The van der Waals surface area contributed by atoms with Crippen LogP contribution in [0.1, 0.15) is 20.3 Å². The Morgan fingerprint density at radius 1 is 1.42 bits per heavy atom. The second-order valence-electron chi connectivity index (χ2n) is 2.27. The topological polar surface area (TPSA) is 43.4 Å². The number of carbonyl (C=O) groups is 2. The molecule has 0 N–H and O–H groups in total. The van der Waals surface area contributed by atoms with Gasteiger partial charge < -0.3 is 4.74 Å². The molecule has 3 nitrogen and oxygen atoms in total. The Balaban J connectivity index is 4.13. The van der Waals surface area contributed by atoms with Crippen molar-refractivity contribution < 1.29 is 23.1 Å². The minimum Gasteiger partial charge on any atom is -0.403 e. The van der Waals surface area contributed by atoms with Gasteiger partial charge in [-0.25, -0.2) is 0 Å². The lowest BCUT2D eigenvalue weighted by molar-refractivity contribution is -0.181. The SMILES string of the molecule is CCC(C(C)=O)C(=O)OC(F)F. The van der Waals surface area contributed by atoms with Crippen LogP contribution < -0.4 is 0 Å². The van der Waals surface area contributed by atoms with E-state index in [1.807, 2.05) is 0 Å². The molecule has 0 aliphatic carbocycles. The molecule has 1 unspecified atom stereocenters. The van der Waals surface area contributed by atoms with Crippen molar-refractivity contribution in [3.8, 4) is 0 Å². The Kier molecular flexibility index (Phi) is 4.39. The molecule has 0 aromatic carbocycles. The maximum Gasteiger partial charge on any atom is 0.389 e. The molecule has 0 aromatic heterocycles. The summed E-state index contributed by atoms with van der Waals surface area (Å²) in [4.78, 5) is 21.4. The normalized spacial score (nSPS) is 12.8. The molecule has 12 heavy (non-hydrogen) atoms. The number of Topliss-reactive ketones (excluding diaryl/α,β-unsaturated/α-hetero) is 1. The summed E-state index contributed by atoms with van der Waals surface area (Å²) >= 11 is 0. The number of hydrogen-bond acceptors (Lipinski definition) is 3. The average Bonchev–Trinajstić information content (AvgIpc) is 1.85. The van der Waals surface area contributed by atoms with E-state index in [0.29, 0.717) is 0 Å². The predicted molar refractivity (Wildman–Crippen MR) is 36.6 cm³/mol. The zero-order valence-electron chi connectivity index (χ0n) is 6.84. The van der Waals surface area contributed by atoms with Crippen molar-refractivity contribution in [2.24, 2.45) is 5.92 Å². The molecular weight excluding hydrogens is 170 g/mol. The maximum atomic E-state index is 11.5. The van der Waals surface area contributed by atoms with Gasteiger partial charge in [-0.15, -0.1) is 0 Å². The summed E-state index contributed by atoms with van der Waals surface area (Å²) < 4.78 is 26.6. The summed E-state index contributed by atoms with van der Waals surface area (Å²) in [5.41, 5.74) is 0. The number of carbonyl (C=O) groups excluding carboxylic acids is 2. The van der Waals surface area contributed by atoms with E-state index in [2.05, 4.69) is 4.74 Å². The third-order valence-corrected chi connectivity index (χ3v) is 1.39. The Bertz CT molecular complexity index is 179. The molecule has 0 aromatic rings. The van der Waals surface area contributed by atoms with Crippen LogP contribution in [-0.4, -0.2) is 18.4 Å². The van der Waals surface area contributed by atoms with Gasteiger partial charge in [0.15, 0.2) is 0 Å². The number of ketones is 1. The molecule has 0 rings (SSSR count). The number of rotatable bonds is 4. The van der Waals surface area contributed by atoms with E-state index >= 15 is 0 Å². The molecule has 0 spiro atoms. The third kappa shape index (κ3) is 3.41. The monoisotopic (exact) mass is 180 g/mol. The van der Waals surface area contributed by atoms with Crippen LogP contribution in [0.3, 0.4) is 0 Å². The van der Waals surface area contributed by atoms with Crippen molar-refractivity contribution in [3.05, 3.63) is 0 Å². The molecule has 0 aliphatic rings. The first kappa shape index (κ1) is 11.0. The van der Waals surface area contributed by atoms with Gasteiger partial charge >= 0.3 is 12.6 Å². The van der Waals surface area contributed by atoms with Gasteiger partial charge in [-0.1, -0.05) is 6.92 Å². The van der Waals surface area contributed by atoms with Crippen LogP contribution in [0.4, 0.5) is 8.78 Å². The Morgan fingerprint density at radius 3 is 2.17 bits per heavy atom. The van der Waals surface area contributed by atoms with Crippen LogP contribution in [0.2, 0.25) is 0 Å². The first-order valence-electron chi connectivity index (χ1n) is 3.48. The van der Waals surface area contributed by atoms with Crippen LogP contribution >= 0.6 is 0 Å². The smallest absolute Gasteiger partial charge is 0.389 e. The van der Waals surface area contributed by atoms with Gasteiger partial charge in [0.25, 0.3) is 0 Å². The van der Waals surface area contributed by atoms with Crippen LogP contribution in [-0.2, 0) is 14.3 Å². The Hall–Kier alpha value is -1.00. The predicted octanol–water partition coefficient (Wildman–Crippen LogP) is 1.37. The van der Waals surface area contributed by atoms with Gasteiger partial charge in [-0.2, -0.15) is 8.78 Å². The molecule has 0 bridgehead atoms. The quantitative estimate of drug-likeness (QED) is 0.484. The first-order valence-corrected chi connectivity index (χ1v) is 3.48. The minimum atomic E-state index is -3.15. The molecule has 0 saturated carbocycles. The lowest BCUT2D eigenvalue weighted by Crippen LogP contribution is -2.25. The highest BCUT2D eigenvalue weighted by Crippen LogP contribution is 2.09. The molecule has 0 aliphatic heterocycles. The van der Waals surface area contributed by atoms with Crippen LogP contribution in [0.5, 0.6) is 0 Å². The lowest BCUT2D eigenvalue weighted by Gasteiger charge is -2.09. The first-order chi connectivity index (χ1) is 5.49. The van der Waals surface area contributed by atoms with Crippen molar-refractivity contribution in [2.45, 2.75) is 26.9 Å². The van der Waals surface area contributed by atoms with Gasteiger partial charge in [0, 0.05) is 0 Å². The molecule has 1 atom stereocenters. The van der Waals surface area contributed by atoms with Gasteiger partial charge in [-0.05, 0) is 13.3 Å². The summed E-state index contributed by atoms with van der Waals surface area (Å²) in [5, 5.41) is 0. The van der Waals surface area contributed by atoms with Gasteiger partial charge in [-0.3, -0.25) is 9.59 Å². The summed E-state index contributed by atoms with van der Waals surface area (Å²) in [5.74, 6) is -2.66. The number of hydrogen-bond donors (Lipinski definition) is 0. The van der Waals surface area contributed by atoms with Crippen molar-refractivity contribution in [1.29, 1.82) is 0 Å². The van der Waals surface area contributed by atoms with Crippen molar-refractivity contribution in [2.75, 3.05) is 0 Å². The molecular formula is C7H10F2O3. The number of ether oxygens (including phenoxy) is 1. The molecule has 0 fully saturated rings. The van der Waals surface area contributed by atoms with Gasteiger partial charge in [0.05, 0.1) is 0 Å². The molecule has 0 heterocycles. The van der Waals surface area contributed by atoms with E-state index in [0.717, 1.165) is 0 Å². The van der Waals surface area contributed by atoms with Crippen molar-refractivity contribution >= 4 is 11.8 Å². The highest BCUT2D eigenvalue weighted by molar-refractivity contribution is 5.97. The zero-order valence-corrected chi connectivity index (χ0v) is 6.84. The number of alkyl halides is 2. The van der Waals surface area contributed by atoms with E-state index in [1.54, 1.807) is 6.92 Å². The highest BCUT2D eigenvalue weighted by atomic mass is 19.3. The third-order valence-electron chi connectivity index (χ3n) is 1.39. The molecule has 70 valence electrons. The standard InChI is InChI=1S/C7H10F2O3/c1-3-5(4(2)10)6(11)12-7(8)9/h5,7H,3H2,1-2H3. The molecule has 0 radical (unpaired) electrons. The zero-order chi connectivity index (χ0) is 9.72. The molecule has 0 saturated heterocycles. The average molecular weight is 180 g/mol. The maximum absolute atomic E-state index is 11.5. The van der Waals surface area contributed by atoms with E-state index in [4.69, 9.17) is 0 Å². The van der Waals surface area contributed by atoms with E-state index in [1.165, 1.54) is 6.92 Å². The van der Waals surface area contributed by atoms with Crippen LogP contribution in [0.25, 0.3) is 0 Å². The van der Waals surface area contributed by atoms with Crippen LogP contribution in [0, 0.1) is 5.92 Å². The fourth-order valence-corrected chi connectivity index (χ4v) is 0.790. The number of halogens is 2. The molecule has 0 amide bonds. The lowest BCUT2D eigenvalue weighted by atomic mass is 10.0.